The largest absolute Gasteiger partial charge is 0.393 e. The SMILES string of the molecule is CC(C)C1=CCN(CC(F)CO)CC1. The zero-order valence-corrected chi connectivity index (χ0v) is 9.04. The third-order valence-electron chi connectivity index (χ3n) is 2.72. The number of halogens is 1. The van der Waals surface area contributed by atoms with Gasteiger partial charge in [-0.05, 0) is 12.3 Å². The molecule has 14 heavy (non-hydrogen) atoms. The first kappa shape index (κ1) is 11.7. The normalized spacial score (nSPS) is 21.1. The van der Waals surface area contributed by atoms with Gasteiger partial charge in [0.05, 0.1) is 6.61 Å². The highest BCUT2D eigenvalue weighted by Gasteiger charge is 2.16. The number of alkyl halides is 1. The summed E-state index contributed by atoms with van der Waals surface area (Å²) in [5.41, 5.74) is 1.47. The topological polar surface area (TPSA) is 23.5 Å². The lowest BCUT2D eigenvalue weighted by Crippen LogP contribution is -2.35. The van der Waals surface area contributed by atoms with E-state index in [4.69, 9.17) is 5.11 Å². The van der Waals surface area contributed by atoms with Gasteiger partial charge < -0.3 is 5.11 Å². The number of rotatable bonds is 4. The van der Waals surface area contributed by atoms with Crippen molar-refractivity contribution in [1.29, 1.82) is 0 Å². The molecule has 1 rings (SSSR count). The third-order valence-corrected chi connectivity index (χ3v) is 2.72. The second-order valence-electron chi connectivity index (χ2n) is 4.22. The summed E-state index contributed by atoms with van der Waals surface area (Å²) in [5.74, 6) is 0.608. The Morgan fingerprint density at radius 1 is 1.57 bits per heavy atom. The predicted octanol–water partition coefficient (Wildman–Crippen LogP) is 1.60. The molecule has 1 unspecified atom stereocenters. The van der Waals surface area contributed by atoms with Crippen LogP contribution in [0.15, 0.2) is 11.6 Å². The van der Waals surface area contributed by atoms with Crippen LogP contribution in [0.3, 0.4) is 0 Å². The molecule has 0 radical (unpaired) electrons. The molecule has 1 aliphatic heterocycles. The minimum absolute atomic E-state index is 0.359. The molecule has 0 spiro atoms. The summed E-state index contributed by atoms with van der Waals surface area (Å²) in [6.45, 7) is 6.12. The summed E-state index contributed by atoms with van der Waals surface area (Å²) in [5, 5.41) is 8.59. The molecule has 1 atom stereocenters. The van der Waals surface area contributed by atoms with Crippen LogP contribution in [0, 0.1) is 5.92 Å². The molecular formula is C11H20FNO. The Balaban J connectivity index is 2.35. The summed E-state index contributed by atoms with van der Waals surface area (Å²) in [7, 11) is 0. The Kier molecular flexibility index (Phi) is 4.55. The average molecular weight is 201 g/mol. The van der Waals surface area contributed by atoms with Crippen molar-refractivity contribution >= 4 is 0 Å². The smallest absolute Gasteiger partial charge is 0.136 e. The van der Waals surface area contributed by atoms with Crippen molar-refractivity contribution in [3.63, 3.8) is 0 Å². The van der Waals surface area contributed by atoms with Crippen molar-refractivity contribution in [3.8, 4) is 0 Å². The molecule has 1 N–H and O–H groups in total. The van der Waals surface area contributed by atoms with E-state index in [2.05, 4.69) is 19.9 Å². The van der Waals surface area contributed by atoms with Crippen LogP contribution in [0.5, 0.6) is 0 Å². The van der Waals surface area contributed by atoms with Gasteiger partial charge in [-0.3, -0.25) is 4.90 Å². The van der Waals surface area contributed by atoms with Gasteiger partial charge in [0.2, 0.25) is 0 Å². The number of aliphatic hydroxyl groups excluding tert-OH is 1. The molecule has 0 saturated carbocycles. The Bertz CT molecular complexity index is 203. The van der Waals surface area contributed by atoms with E-state index in [-0.39, 0.29) is 6.61 Å². The summed E-state index contributed by atoms with van der Waals surface area (Å²) >= 11 is 0. The molecule has 0 aromatic heterocycles. The van der Waals surface area contributed by atoms with Crippen LogP contribution in [0.1, 0.15) is 20.3 Å². The molecule has 1 heterocycles. The Labute approximate surface area is 85.4 Å². The maximum atomic E-state index is 12.9. The second kappa shape index (κ2) is 5.47. The van der Waals surface area contributed by atoms with Gasteiger partial charge >= 0.3 is 0 Å². The van der Waals surface area contributed by atoms with E-state index in [1.165, 1.54) is 5.57 Å². The minimum atomic E-state index is -1.09. The summed E-state index contributed by atoms with van der Waals surface area (Å²) in [6, 6.07) is 0. The van der Waals surface area contributed by atoms with Crippen LogP contribution in [0.2, 0.25) is 0 Å². The second-order valence-corrected chi connectivity index (χ2v) is 4.22. The first-order valence-electron chi connectivity index (χ1n) is 5.29. The fourth-order valence-electron chi connectivity index (χ4n) is 1.76. The van der Waals surface area contributed by atoms with E-state index < -0.39 is 6.17 Å². The van der Waals surface area contributed by atoms with Crippen molar-refractivity contribution < 1.29 is 9.50 Å². The Morgan fingerprint density at radius 3 is 2.71 bits per heavy atom. The lowest BCUT2D eigenvalue weighted by molar-refractivity contribution is 0.129. The monoisotopic (exact) mass is 201 g/mol. The zero-order chi connectivity index (χ0) is 10.6. The molecule has 3 heteroatoms. The molecule has 82 valence electrons. The van der Waals surface area contributed by atoms with Crippen molar-refractivity contribution in [2.24, 2.45) is 5.92 Å². The lowest BCUT2D eigenvalue weighted by atomic mass is 9.97. The van der Waals surface area contributed by atoms with Crippen molar-refractivity contribution in [2.45, 2.75) is 26.4 Å². The fraction of sp³-hybridized carbons (Fsp3) is 0.818. The van der Waals surface area contributed by atoms with Gasteiger partial charge in [0.1, 0.15) is 6.17 Å². The molecule has 0 amide bonds. The van der Waals surface area contributed by atoms with Gasteiger partial charge in [0, 0.05) is 19.6 Å². The van der Waals surface area contributed by atoms with E-state index in [9.17, 15) is 4.39 Å². The first-order chi connectivity index (χ1) is 6.63. The summed E-state index contributed by atoms with van der Waals surface area (Å²) in [6.07, 6.45) is 2.14. The lowest BCUT2D eigenvalue weighted by Gasteiger charge is -2.28. The molecule has 1 aliphatic rings. The molecule has 0 saturated heterocycles. The highest BCUT2D eigenvalue weighted by atomic mass is 19.1. The summed E-state index contributed by atoms with van der Waals surface area (Å²) < 4.78 is 12.9. The highest BCUT2D eigenvalue weighted by molar-refractivity contribution is 5.09. The first-order valence-corrected chi connectivity index (χ1v) is 5.29. The van der Waals surface area contributed by atoms with Gasteiger partial charge in [-0.1, -0.05) is 25.5 Å². The maximum Gasteiger partial charge on any atom is 0.136 e. The number of hydrogen-bond acceptors (Lipinski definition) is 2. The number of nitrogens with zero attached hydrogens (tertiary/aromatic N) is 1. The molecule has 0 bridgehead atoms. The fourth-order valence-corrected chi connectivity index (χ4v) is 1.76. The number of aliphatic hydroxyl groups is 1. The van der Waals surface area contributed by atoms with E-state index in [0.717, 1.165) is 19.5 Å². The van der Waals surface area contributed by atoms with Crippen LogP contribution >= 0.6 is 0 Å². The van der Waals surface area contributed by atoms with Crippen molar-refractivity contribution in [3.05, 3.63) is 11.6 Å². The third kappa shape index (κ3) is 3.39. The molecule has 0 aromatic rings. The van der Waals surface area contributed by atoms with Gasteiger partial charge in [0.15, 0.2) is 0 Å². The van der Waals surface area contributed by atoms with E-state index in [1.807, 2.05) is 4.90 Å². The molecule has 2 nitrogen and oxygen atoms in total. The standard InChI is InChI=1S/C11H20FNO/c1-9(2)10-3-5-13(6-4-10)7-11(12)8-14/h3,9,11,14H,4-8H2,1-2H3. The zero-order valence-electron chi connectivity index (χ0n) is 9.04. The molecular weight excluding hydrogens is 181 g/mol. The van der Waals surface area contributed by atoms with Gasteiger partial charge in [-0.15, -0.1) is 0 Å². The quantitative estimate of drug-likeness (QED) is 0.698. The molecule has 0 aromatic carbocycles. The van der Waals surface area contributed by atoms with Crippen LogP contribution in [0.25, 0.3) is 0 Å². The maximum absolute atomic E-state index is 12.9. The van der Waals surface area contributed by atoms with Crippen LogP contribution in [0.4, 0.5) is 4.39 Å². The Hall–Kier alpha value is -0.410. The van der Waals surface area contributed by atoms with Crippen LogP contribution in [-0.4, -0.2) is 42.4 Å². The summed E-state index contributed by atoms with van der Waals surface area (Å²) in [4.78, 5) is 2.05. The molecule has 0 fully saturated rings. The molecule has 0 aliphatic carbocycles. The minimum Gasteiger partial charge on any atom is -0.393 e. The van der Waals surface area contributed by atoms with Crippen molar-refractivity contribution in [2.75, 3.05) is 26.2 Å². The van der Waals surface area contributed by atoms with Crippen molar-refractivity contribution in [1.82, 2.24) is 4.90 Å². The van der Waals surface area contributed by atoms with E-state index in [1.54, 1.807) is 0 Å². The van der Waals surface area contributed by atoms with E-state index >= 15 is 0 Å². The van der Waals surface area contributed by atoms with Gasteiger partial charge in [-0.25, -0.2) is 4.39 Å². The highest BCUT2D eigenvalue weighted by Crippen LogP contribution is 2.18. The van der Waals surface area contributed by atoms with Gasteiger partial charge in [0.25, 0.3) is 0 Å². The van der Waals surface area contributed by atoms with Crippen LogP contribution in [-0.2, 0) is 0 Å². The average Bonchev–Trinajstić information content (AvgIpc) is 2.18. The predicted molar refractivity (Wildman–Crippen MR) is 56.0 cm³/mol. The van der Waals surface area contributed by atoms with Crippen LogP contribution < -0.4 is 0 Å². The number of hydrogen-bond donors (Lipinski definition) is 1. The Morgan fingerprint density at radius 2 is 2.29 bits per heavy atom. The van der Waals surface area contributed by atoms with E-state index in [0.29, 0.717) is 12.5 Å². The van der Waals surface area contributed by atoms with Gasteiger partial charge in [-0.2, -0.15) is 0 Å².